The Morgan fingerprint density at radius 2 is 2.36 bits per heavy atom. The van der Waals surface area contributed by atoms with Crippen LogP contribution in [0.15, 0.2) is 30.8 Å². The normalized spacial score (nSPS) is 20.6. The van der Waals surface area contributed by atoms with Gasteiger partial charge in [-0.1, -0.05) is 30.9 Å². The fourth-order valence-electron chi connectivity index (χ4n) is 1.77. The summed E-state index contributed by atoms with van der Waals surface area (Å²) in [5, 5.41) is 2.95. The minimum Gasteiger partial charge on any atom is -0.349 e. The Hall–Kier alpha value is -1.57. The highest BCUT2D eigenvalue weighted by atomic mass is 16.1. The number of hydrogen-bond acceptors (Lipinski definition) is 1. The first-order valence-electron chi connectivity index (χ1n) is 4.81. The number of nitrogens with one attached hydrogen (secondary N) is 1. The van der Waals surface area contributed by atoms with Gasteiger partial charge in [-0.25, -0.2) is 0 Å². The molecule has 0 bridgehead atoms. The van der Waals surface area contributed by atoms with Crippen molar-refractivity contribution in [1.29, 1.82) is 0 Å². The summed E-state index contributed by atoms with van der Waals surface area (Å²) in [5.41, 5.74) is 2.27. The van der Waals surface area contributed by atoms with Crippen molar-refractivity contribution in [2.75, 3.05) is 0 Å². The number of benzene rings is 1. The van der Waals surface area contributed by atoms with E-state index < -0.39 is 0 Å². The van der Waals surface area contributed by atoms with Crippen LogP contribution in [-0.4, -0.2) is 5.91 Å². The molecule has 1 aliphatic heterocycles. The van der Waals surface area contributed by atoms with Crippen LogP contribution in [0, 0.1) is 0 Å². The zero-order valence-corrected chi connectivity index (χ0v) is 7.99. The van der Waals surface area contributed by atoms with Gasteiger partial charge in [0.15, 0.2) is 0 Å². The van der Waals surface area contributed by atoms with Gasteiger partial charge in [0, 0.05) is 6.42 Å². The molecule has 2 heteroatoms. The van der Waals surface area contributed by atoms with Crippen molar-refractivity contribution in [1.82, 2.24) is 5.32 Å². The second-order valence-electron chi connectivity index (χ2n) is 3.53. The summed E-state index contributed by atoms with van der Waals surface area (Å²) in [6.07, 6.45) is 3.36. The van der Waals surface area contributed by atoms with E-state index in [0.717, 1.165) is 12.0 Å². The third-order valence-electron chi connectivity index (χ3n) is 2.54. The summed E-state index contributed by atoms with van der Waals surface area (Å²) in [6.45, 7) is 3.73. The molecule has 1 unspecified atom stereocenters. The summed E-state index contributed by atoms with van der Waals surface area (Å²) in [7, 11) is 0. The van der Waals surface area contributed by atoms with E-state index in [1.165, 1.54) is 5.56 Å². The summed E-state index contributed by atoms with van der Waals surface area (Å²) in [4.78, 5) is 11.0. The Morgan fingerprint density at radius 3 is 3.00 bits per heavy atom. The van der Waals surface area contributed by atoms with E-state index in [1.54, 1.807) is 0 Å². The van der Waals surface area contributed by atoms with Gasteiger partial charge in [-0.05, 0) is 23.6 Å². The molecule has 1 aromatic carbocycles. The molecular weight excluding hydrogens is 174 g/mol. The van der Waals surface area contributed by atoms with Crippen molar-refractivity contribution in [3.8, 4) is 0 Å². The SMILES string of the molecule is C=Cc1cccc(C2CCC(=O)N2)c1. The van der Waals surface area contributed by atoms with Crippen molar-refractivity contribution >= 4 is 12.0 Å². The van der Waals surface area contributed by atoms with Crippen LogP contribution >= 0.6 is 0 Å². The second-order valence-corrected chi connectivity index (χ2v) is 3.53. The molecular formula is C12H13NO. The Balaban J connectivity index is 2.23. The van der Waals surface area contributed by atoms with E-state index in [-0.39, 0.29) is 11.9 Å². The number of rotatable bonds is 2. The maximum atomic E-state index is 11.0. The van der Waals surface area contributed by atoms with Gasteiger partial charge in [-0.15, -0.1) is 0 Å². The van der Waals surface area contributed by atoms with Crippen LogP contribution in [0.5, 0.6) is 0 Å². The fraction of sp³-hybridized carbons (Fsp3) is 0.250. The van der Waals surface area contributed by atoms with Crippen LogP contribution in [0.3, 0.4) is 0 Å². The highest BCUT2D eigenvalue weighted by Crippen LogP contribution is 2.24. The lowest BCUT2D eigenvalue weighted by Crippen LogP contribution is -2.18. The Morgan fingerprint density at radius 1 is 1.50 bits per heavy atom. The van der Waals surface area contributed by atoms with Crippen molar-refractivity contribution in [2.45, 2.75) is 18.9 Å². The third-order valence-corrected chi connectivity index (χ3v) is 2.54. The largest absolute Gasteiger partial charge is 0.349 e. The molecule has 0 spiro atoms. The highest BCUT2D eigenvalue weighted by Gasteiger charge is 2.21. The average Bonchev–Trinajstić information content (AvgIpc) is 2.65. The van der Waals surface area contributed by atoms with E-state index in [9.17, 15) is 4.79 Å². The van der Waals surface area contributed by atoms with Crippen LogP contribution in [0.2, 0.25) is 0 Å². The molecule has 1 aromatic rings. The maximum Gasteiger partial charge on any atom is 0.220 e. The zero-order valence-electron chi connectivity index (χ0n) is 7.99. The molecule has 2 nitrogen and oxygen atoms in total. The Bertz CT molecular complexity index is 370. The van der Waals surface area contributed by atoms with Crippen LogP contribution in [0.1, 0.15) is 30.0 Å². The molecule has 1 atom stereocenters. The minimum atomic E-state index is 0.152. The molecule has 1 amide bonds. The molecule has 0 aromatic heterocycles. The monoisotopic (exact) mass is 187 g/mol. The molecule has 14 heavy (non-hydrogen) atoms. The zero-order chi connectivity index (χ0) is 9.97. The van der Waals surface area contributed by atoms with Crippen LogP contribution in [0.25, 0.3) is 6.08 Å². The first-order chi connectivity index (χ1) is 6.79. The van der Waals surface area contributed by atoms with Gasteiger partial charge >= 0.3 is 0 Å². The van der Waals surface area contributed by atoms with Gasteiger partial charge < -0.3 is 5.32 Å². The Labute approximate surface area is 83.6 Å². The van der Waals surface area contributed by atoms with Gasteiger partial charge in [0.05, 0.1) is 6.04 Å². The topological polar surface area (TPSA) is 29.1 Å². The summed E-state index contributed by atoms with van der Waals surface area (Å²) in [5.74, 6) is 0.152. The molecule has 1 saturated heterocycles. The van der Waals surface area contributed by atoms with Gasteiger partial charge in [0.2, 0.25) is 5.91 Å². The average molecular weight is 187 g/mol. The molecule has 1 aliphatic rings. The standard InChI is InChI=1S/C12H13NO/c1-2-9-4-3-5-10(8-9)11-6-7-12(14)13-11/h2-5,8,11H,1,6-7H2,(H,13,14). The van der Waals surface area contributed by atoms with Crippen molar-refractivity contribution in [3.63, 3.8) is 0 Å². The smallest absolute Gasteiger partial charge is 0.220 e. The van der Waals surface area contributed by atoms with E-state index in [2.05, 4.69) is 18.0 Å². The first kappa shape index (κ1) is 9.00. The second kappa shape index (κ2) is 3.66. The van der Waals surface area contributed by atoms with Gasteiger partial charge in [0.25, 0.3) is 0 Å². The van der Waals surface area contributed by atoms with Crippen molar-refractivity contribution < 1.29 is 4.79 Å². The van der Waals surface area contributed by atoms with E-state index in [0.29, 0.717) is 6.42 Å². The molecule has 72 valence electrons. The molecule has 0 radical (unpaired) electrons. The predicted octanol–water partition coefficient (Wildman–Crippen LogP) is 2.28. The molecule has 1 N–H and O–H groups in total. The lowest BCUT2D eigenvalue weighted by Gasteiger charge is -2.10. The summed E-state index contributed by atoms with van der Waals surface area (Å²) in [6, 6.07) is 8.32. The fourth-order valence-corrected chi connectivity index (χ4v) is 1.77. The predicted molar refractivity (Wildman–Crippen MR) is 56.7 cm³/mol. The number of carbonyl (C=O) groups is 1. The van der Waals surface area contributed by atoms with Gasteiger partial charge in [0.1, 0.15) is 0 Å². The number of hydrogen-bond donors (Lipinski definition) is 1. The van der Waals surface area contributed by atoms with Crippen LogP contribution in [-0.2, 0) is 4.79 Å². The molecule has 2 rings (SSSR count). The summed E-state index contributed by atoms with van der Waals surface area (Å²) >= 11 is 0. The lowest BCUT2D eigenvalue weighted by atomic mass is 10.0. The first-order valence-corrected chi connectivity index (χ1v) is 4.81. The molecule has 0 aliphatic carbocycles. The lowest BCUT2D eigenvalue weighted by molar-refractivity contribution is -0.119. The molecule has 1 heterocycles. The minimum absolute atomic E-state index is 0.152. The van der Waals surface area contributed by atoms with Crippen molar-refractivity contribution in [2.24, 2.45) is 0 Å². The highest BCUT2D eigenvalue weighted by molar-refractivity contribution is 5.78. The quantitative estimate of drug-likeness (QED) is 0.756. The van der Waals surface area contributed by atoms with Crippen LogP contribution in [0.4, 0.5) is 0 Å². The van der Waals surface area contributed by atoms with Crippen LogP contribution < -0.4 is 5.32 Å². The van der Waals surface area contributed by atoms with E-state index in [4.69, 9.17) is 0 Å². The van der Waals surface area contributed by atoms with E-state index >= 15 is 0 Å². The van der Waals surface area contributed by atoms with E-state index in [1.807, 2.05) is 24.3 Å². The third kappa shape index (κ3) is 1.69. The summed E-state index contributed by atoms with van der Waals surface area (Å²) < 4.78 is 0. The number of carbonyl (C=O) groups excluding carboxylic acids is 1. The van der Waals surface area contributed by atoms with Gasteiger partial charge in [-0.3, -0.25) is 4.79 Å². The molecule has 0 saturated carbocycles. The van der Waals surface area contributed by atoms with Crippen molar-refractivity contribution in [3.05, 3.63) is 42.0 Å². The van der Waals surface area contributed by atoms with Gasteiger partial charge in [-0.2, -0.15) is 0 Å². The Kier molecular flexibility index (Phi) is 2.35. The molecule has 1 fully saturated rings. The number of amides is 1. The maximum absolute atomic E-state index is 11.0.